The second-order valence-corrected chi connectivity index (χ2v) is 5.20. The fourth-order valence-corrected chi connectivity index (χ4v) is 2.25. The molecule has 0 fully saturated rings. The summed E-state index contributed by atoms with van der Waals surface area (Å²) in [5.74, 6) is 0.893. The predicted molar refractivity (Wildman–Crippen MR) is 85.7 cm³/mol. The molecule has 3 aromatic rings. The van der Waals surface area contributed by atoms with Gasteiger partial charge in [0.1, 0.15) is 5.69 Å². The number of H-pyrrole nitrogens is 1. The van der Waals surface area contributed by atoms with E-state index in [1.54, 1.807) is 12.3 Å². The van der Waals surface area contributed by atoms with E-state index in [-0.39, 0.29) is 12.5 Å². The van der Waals surface area contributed by atoms with Crippen LogP contribution in [0.5, 0.6) is 0 Å². The van der Waals surface area contributed by atoms with E-state index >= 15 is 0 Å². The number of carbonyl (C=O) groups excluding carboxylic acids is 1. The summed E-state index contributed by atoms with van der Waals surface area (Å²) in [5, 5.41) is 9.63. The van der Waals surface area contributed by atoms with Gasteiger partial charge in [0.15, 0.2) is 5.76 Å². The van der Waals surface area contributed by atoms with Crippen molar-refractivity contribution in [1.82, 2.24) is 20.5 Å². The minimum atomic E-state index is -0.247. The van der Waals surface area contributed by atoms with Gasteiger partial charge in [-0.05, 0) is 12.5 Å². The highest BCUT2D eigenvalue weighted by molar-refractivity contribution is 5.92. The van der Waals surface area contributed by atoms with Crippen molar-refractivity contribution in [2.45, 2.75) is 26.3 Å². The Morgan fingerprint density at radius 3 is 2.91 bits per heavy atom. The molecule has 0 saturated carbocycles. The molecule has 6 nitrogen and oxygen atoms in total. The molecule has 118 valence electrons. The van der Waals surface area contributed by atoms with Crippen LogP contribution in [0, 0.1) is 0 Å². The van der Waals surface area contributed by atoms with Crippen molar-refractivity contribution in [2.24, 2.45) is 0 Å². The Kier molecular flexibility index (Phi) is 4.52. The molecule has 1 aromatic carbocycles. The first kappa shape index (κ1) is 15.0. The summed E-state index contributed by atoms with van der Waals surface area (Å²) in [4.78, 5) is 16.2. The van der Waals surface area contributed by atoms with Crippen LogP contribution in [-0.4, -0.2) is 21.1 Å². The number of oxazole rings is 1. The molecule has 0 spiro atoms. The molecule has 2 heterocycles. The van der Waals surface area contributed by atoms with E-state index in [0.29, 0.717) is 17.3 Å². The third-order valence-corrected chi connectivity index (χ3v) is 3.39. The molecular formula is C17H18N4O2. The molecule has 0 atom stereocenters. The number of aromatic nitrogens is 3. The Hall–Kier alpha value is -2.89. The van der Waals surface area contributed by atoms with Crippen molar-refractivity contribution < 1.29 is 9.21 Å². The summed E-state index contributed by atoms with van der Waals surface area (Å²) in [6.45, 7) is 2.30. The molecule has 0 aliphatic heterocycles. The van der Waals surface area contributed by atoms with E-state index in [1.807, 2.05) is 30.3 Å². The van der Waals surface area contributed by atoms with Crippen LogP contribution in [0.1, 0.15) is 35.4 Å². The number of hydrogen-bond donors (Lipinski definition) is 2. The zero-order valence-electron chi connectivity index (χ0n) is 12.9. The third kappa shape index (κ3) is 3.66. The molecule has 3 rings (SSSR count). The molecule has 2 N–H and O–H groups in total. The normalized spacial score (nSPS) is 10.7. The van der Waals surface area contributed by atoms with E-state index in [9.17, 15) is 4.79 Å². The molecule has 0 aliphatic carbocycles. The standard InChI is InChI=1S/C17H18N4O2/c1-2-6-13-9-14(21-20-13)17(22)19-11-16-18-10-15(23-16)12-7-4-3-5-8-12/h3-5,7-10H,2,6,11H2,1H3,(H,19,22)(H,20,21). The number of aromatic amines is 1. The predicted octanol–water partition coefficient (Wildman–Crippen LogP) is 2.95. The molecule has 2 aromatic heterocycles. The van der Waals surface area contributed by atoms with Crippen LogP contribution in [0.3, 0.4) is 0 Å². The summed E-state index contributed by atoms with van der Waals surface area (Å²) in [5.41, 5.74) is 2.29. The van der Waals surface area contributed by atoms with Crippen LogP contribution >= 0.6 is 0 Å². The molecule has 1 amide bonds. The van der Waals surface area contributed by atoms with Crippen molar-refractivity contribution in [3.8, 4) is 11.3 Å². The first-order chi connectivity index (χ1) is 11.3. The van der Waals surface area contributed by atoms with Gasteiger partial charge in [-0.3, -0.25) is 9.89 Å². The van der Waals surface area contributed by atoms with E-state index < -0.39 is 0 Å². The van der Waals surface area contributed by atoms with Crippen LogP contribution in [0.25, 0.3) is 11.3 Å². The lowest BCUT2D eigenvalue weighted by atomic mass is 10.2. The van der Waals surface area contributed by atoms with E-state index in [4.69, 9.17) is 4.42 Å². The minimum Gasteiger partial charge on any atom is -0.439 e. The Labute approximate surface area is 133 Å². The Bertz CT molecular complexity index is 777. The highest BCUT2D eigenvalue weighted by atomic mass is 16.4. The average molecular weight is 310 g/mol. The van der Waals surface area contributed by atoms with Gasteiger partial charge >= 0.3 is 0 Å². The highest BCUT2D eigenvalue weighted by Gasteiger charge is 2.12. The number of carbonyl (C=O) groups is 1. The monoisotopic (exact) mass is 310 g/mol. The Morgan fingerprint density at radius 1 is 1.30 bits per heavy atom. The lowest BCUT2D eigenvalue weighted by Crippen LogP contribution is -2.23. The molecule has 0 radical (unpaired) electrons. The maximum absolute atomic E-state index is 12.0. The summed E-state index contributed by atoms with van der Waals surface area (Å²) in [6, 6.07) is 11.5. The molecule has 0 saturated heterocycles. The van der Waals surface area contributed by atoms with Gasteiger partial charge in [-0.1, -0.05) is 43.7 Å². The summed E-state index contributed by atoms with van der Waals surface area (Å²) in [6.07, 6.45) is 3.53. The topological polar surface area (TPSA) is 83.8 Å². The number of benzene rings is 1. The average Bonchev–Trinajstić information content (AvgIpc) is 3.23. The van der Waals surface area contributed by atoms with Gasteiger partial charge in [0.05, 0.1) is 12.7 Å². The Morgan fingerprint density at radius 2 is 2.13 bits per heavy atom. The van der Waals surface area contributed by atoms with Crippen LogP contribution in [0.2, 0.25) is 0 Å². The second kappa shape index (κ2) is 6.91. The number of aryl methyl sites for hydroxylation is 1. The van der Waals surface area contributed by atoms with Crippen LogP contribution in [-0.2, 0) is 13.0 Å². The van der Waals surface area contributed by atoms with Crippen molar-refractivity contribution in [3.63, 3.8) is 0 Å². The summed E-state index contributed by atoms with van der Waals surface area (Å²) < 4.78 is 5.65. The summed E-state index contributed by atoms with van der Waals surface area (Å²) in [7, 11) is 0. The quantitative estimate of drug-likeness (QED) is 0.733. The van der Waals surface area contributed by atoms with Crippen LogP contribution in [0.4, 0.5) is 0 Å². The smallest absolute Gasteiger partial charge is 0.272 e. The second-order valence-electron chi connectivity index (χ2n) is 5.20. The molecular weight excluding hydrogens is 292 g/mol. The molecule has 0 bridgehead atoms. The van der Waals surface area contributed by atoms with Gasteiger partial charge in [0, 0.05) is 11.3 Å². The zero-order chi connectivity index (χ0) is 16.1. The first-order valence-electron chi connectivity index (χ1n) is 7.59. The fourth-order valence-electron chi connectivity index (χ4n) is 2.25. The van der Waals surface area contributed by atoms with Gasteiger partial charge in [-0.2, -0.15) is 5.10 Å². The van der Waals surface area contributed by atoms with Gasteiger partial charge in [-0.15, -0.1) is 0 Å². The van der Waals surface area contributed by atoms with E-state index in [1.165, 1.54) is 0 Å². The molecule has 0 unspecified atom stereocenters. The van der Waals surface area contributed by atoms with Gasteiger partial charge in [-0.25, -0.2) is 4.98 Å². The van der Waals surface area contributed by atoms with E-state index in [2.05, 4.69) is 27.4 Å². The van der Waals surface area contributed by atoms with Gasteiger partial charge < -0.3 is 9.73 Å². The third-order valence-electron chi connectivity index (χ3n) is 3.39. The van der Waals surface area contributed by atoms with Crippen LogP contribution in [0.15, 0.2) is 47.0 Å². The SMILES string of the molecule is CCCc1cc(C(=O)NCc2ncc(-c3ccccc3)o2)n[nH]1. The zero-order valence-corrected chi connectivity index (χ0v) is 12.9. The highest BCUT2D eigenvalue weighted by Crippen LogP contribution is 2.19. The molecule has 23 heavy (non-hydrogen) atoms. The number of hydrogen-bond acceptors (Lipinski definition) is 4. The number of nitrogens with one attached hydrogen (secondary N) is 2. The van der Waals surface area contributed by atoms with Gasteiger partial charge in [0.25, 0.3) is 5.91 Å². The summed E-state index contributed by atoms with van der Waals surface area (Å²) >= 11 is 0. The largest absolute Gasteiger partial charge is 0.439 e. The fraction of sp³-hybridized carbons (Fsp3) is 0.235. The molecule has 0 aliphatic rings. The maximum atomic E-state index is 12.0. The van der Waals surface area contributed by atoms with E-state index in [0.717, 1.165) is 24.1 Å². The lowest BCUT2D eigenvalue weighted by Gasteiger charge is -1.99. The Balaban J connectivity index is 1.60. The number of nitrogens with zero attached hydrogens (tertiary/aromatic N) is 2. The maximum Gasteiger partial charge on any atom is 0.272 e. The van der Waals surface area contributed by atoms with Crippen molar-refractivity contribution >= 4 is 5.91 Å². The first-order valence-corrected chi connectivity index (χ1v) is 7.59. The van der Waals surface area contributed by atoms with Crippen molar-refractivity contribution in [3.05, 3.63) is 59.9 Å². The van der Waals surface area contributed by atoms with Crippen molar-refractivity contribution in [1.29, 1.82) is 0 Å². The van der Waals surface area contributed by atoms with Crippen LogP contribution < -0.4 is 5.32 Å². The number of amides is 1. The van der Waals surface area contributed by atoms with Crippen molar-refractivity contribution in [2.75, 3.05) is 0 Å². The number of rotatable bonds is 6. The molecule has 6 heteroatoms. The van der Waals surface area contributed by atoms with Gasteiger partial charge in [0.2, 0.25) is 5.89 Å². The lowest BCUT2D eigenvalue weighted by molar-refractivity contribution is 0.0942. The minimum absolute atomic E-state index is 0.224.